The number of hydrogen-bond donors (Lipinski definition) is 1. The number of rotatable bonds is 6. The van der Waals surface area contributed by atoms with E-state index in [4.69, 9.17) is 4.74 Å². The van der Waals surface area contributed by atoms with Crippen molar-refractivity contribution >= 4 is 28.8 Å². The van der Waals surface area contributed by atoms with Crippen LogP contribution in [0, 0.1) is 19.7 Å². The lowest BCUT2D eigenvalue weighted by Crippen LogP contribution is -2.32. The van der Waals surface area contributed by atoms with Gasteiger partial charge in [0.25, 0.3) is 11.8 Å². The quantitative estimate of drug-likeness (QED) is 0.544. The van der Waals surface area contributed by atoms with E-state index in [1.165, 1.54) is 24.3 Å². The molecule has 3 aromatic rings. The highest BCUT2D eigenvalue weighted by Crippen LogP contribution is 2.34. The molecule has 4 rings (SSSR count). The molecule has 2 amide bonds. The summed E-state index contributed by atoms with van der Waals surface area (Å²) in [5.41, 5.74) is 3.96. The molecule has 0 fully saturated rings. The van der Waals surface area contributed by atoms with Crippen LogP contribution in [0.5, 0.6) is 5.75 Å². The molecule has 0 spiro atoms. The van der Waals surface area contributed by atoms with Gasteiger partial charge in [-0.15, -0.1) is 0 Å². The number of amides is 2. The van der Waals surface area contributed by atoms with E-state index in [2.05, 4.69) is 5.32 Å². The molecule has 1 aliphatic heterocycles. The average molecular weight is 430 g/mol. The van der Waals surface area contributed by atoms with Gasteiger partial charge >= 0.3 is 0 Å². The van der Waals surface area contributed by atoms with Crippen molar-refractivity contribution in [2.45, 2.75) is 20.8 Å². The van der Waals surface area contributed by atoms with Gasteiger partial charge in [-0.25, -0.2) is 9.29 Å². The van der Waals surface area contributed by atoms with Gasteiger partial charge < -0.3 is 10.1 Å². The summed E-state index contributed by atoms with van der Waals surface area (Å²) < 4.78 is 19.0. The van der Waals surface area contributed by atoms with E-state index in [1.807, 2.05) is 32.9 Å². The van der Waals surface area contributed by atoms with E-state index < -0.39 is 17.6 Å². The third kappa shape index (κ3) is 3.99. The van der Waals surface area contributed by atoms with E-state index in [1.54, 1.807) is 30.3 Å². The number of nitrogens with one attached hydrogen (secondary N) is 1. The predicted octanol–water partition coefficient (Wildman–Crippen LogP) is 5.24. The molecule has 1 heterocycles. The van der Waals surface area contributed by atoms with E-state index in [9.17, 15) is 14.0 Å². The van der Waals surface area contributed by atoms with E-state index >= 15 is 0 Å². The molecular weight excluding hydrogens is 407 g/mol. The Morgan fingerprint density at radius 2 is 1.56 bits per heavy atom. The molecule has 0 atom stereocenters. The van der Waals surface area contributed by atoms with Crippen molar-refractivity contribution in [3.63, 3.8) is 0 Å². The van der Waals surface area contributed by atoms with Gasteiger partial charge in [-0.05, 0) is 86.0 Å². The molecule has 3 aromatic carbocycles. The molecule has 0 saturated carbocycles. The van der Waals surface area contributed by atoms with Crippen LogP contribution in [0.2, 0.25) is 0 Å². The normalized spacial score (nSPS) is 13.7. The minimum Gasteiger partial charge on any atom is -0.494 e. The second-order valence-corrected chi connectivity index (χ2v) is 7.55. The van der Waals surface area contributed by atoms with Crippen molar-refractivity contribution in [1.82, 2.24) is 0 Å². The lowest BCUT2D eigenvalue weighted by Gasteiger charge is -2.17. The molecule has 0 unspecified atom stereocenters. The number of imide groups is 1. The average Bonchev–Trinajstić information content (AvgIpc) is 3.02. The second-order valence-electron chi connectivity index (χ2n) is 7.55. The van der Waals surface area contributed by atoms with Crippen LogP contribution in [0.4, 0.5) is 15.8 Å². The lowest BCUT2D eigenvalue weighted by molar-refractivity contribution is -0.120. The summed E-state index contributed by atoms with van der Waals surface area (Å²) in [5.74, 6) is -0.640. The largest absolute Gasteiger partial charge is 0.494 e. The zero-order valence-corrected chi connectivity index (χ0v) is 18.1. The Kier molecular flexibility index (Phi) is 5.77. The standard InChI is InChI=1S/C26H23FN2O3/c1-4-32-22-13-10-20(11-14-22)28-24-23(18-6-8-19(27)9-7-18)25(30)29(26(24)31)21-12-5-16(2)17(3)15-21/h5-15,28H,4H2,1-3H3. The van der Waals surface area contributed by atoms with Crippen LogP contribution in [0.15, 0.2) is 72.4 Å². The highest BCUT2D eigenvalue weighted by molar-refractivity contribution is 6.46. The maximum absolute atomic E-state index is 13.5. The van der Waals surface area contributed by atoms with Crippen LogP contribution in [0.3, 0.4) is 0 Å². The smallest absolute Gasteiger partial charge is 0.282 e. The van der Waals surface area contributed by atoms with Crippen LogP contribution in [0.1, 0.15) is 23.6 Å². The maximum Gasteiger partial charge on any atom is 0.282 e. The Morgan fingerprint density at radius 3 is 2.19 bits per heavy atom. The Hall–Kier alpha value is -3.93. The van der Waals surface area contributed by atoms with Crippen molar-refractivity contribution in [3.05, 3.63) is 94.9 Å². The van der Waals surface area contributed by atoms with Gasteiger partial charge in [-0.1, -0.05) is 18.2 Å². The van der Waals surface area contributed by atoms with Gasteiger partial charge in [0.2, 0.25) is 0 Å². The van der Waals surface area contributed by atoms with Crippen molar-refractivity contribution < 1.29 is 18.7 Å². The van der Waals surface area contributed by atoms with Crippen molar-refractivity contribution in [2.24, 2.45) is 0 Å². The van der Waals surface area contributed by atoms with Crippen molar-refractivity contribution in [3.8, 4) is 5.75 Å². The molecule has 0 aromatic heterocycles. The SMILES string of the molecule is CCOc1ccc(NC2=C(c3ccc(F)cc3)C(=O)N(c3ccc(C)c(C)c3)C2=O)cc1. The molecular formula is C26H23FN2O3. The molecule has 32 heavy (non-hydrogen) atoms. The summed E-state index contributed by atoms with van der Waals surface area (Å²) in [6.45, 7) is 6.34. The number of halogens is 1. The van der Waals surface area contributed by atoms with Crippen LogP contribution in [-0.2, 0) is 9.59 Å². The molecule has 0 aliphatic carbocycles. The minimum absolute atomic E-state index is 0.143. The molecule has 162 valence electrons. The topological polar surface area (TPSA) is 58.6 Å². The van der Waals surface area contributed by atoms with Gasteiger partial charge in [-0.2, -0.15) is 0 Å². The molecule has 0 bridgehead atoms. The first kappa shape index (κ1) is 21.3. The first-order valence-electron chi connectivity index (χ1n) is 10.3. The number of carbonyl (C=O) groups is 2. The predicted molar refractivity (Wildman–Crippen MR) is 123 cm³/mol. The van der Waals surface area contributed by atoms with Crippen LogP contribution < -0.4 is 15.0 Å². The Balaban J connectivity index is 1.77. The molecule has 0 radical (unpaired) electrons. The third-order valence-corrected chi connectivity index (χ3v) is 5.40. The van der Waals surface area contributed by atoms with Crippen molar-refractivity contribution in [2.75, 3.05) is 16.8 Å². The molecule has 1 aliphatic rings. The number of carbonyl (C=O) groups excluding carboxylic acids is 2. The number of anilines is 2. The molecule has 6 heteroatoms. The fourth-order valence-corrected chi connectivity index (χ4v) is 3.57. The van der Waals surface area contributed by atoms with E-state index in [-0.39, 0.29) is 11.3 Å². The van der Waals surface area contributed by atoms with Gasteiger partial charge in [0.1, 0.15) is 17.3 Å². The van der Waals surface area contributed by atoms with Gasteiger partial charge in [0, 0.05) is 5.69 Å². The highest BCUT2D eigenvalue weighted by Gasteiger charge is 2.40. The molecule has 1 N–H and O–H groups in total. The number of nitrogens with zero attached hydrogens (tertiary/aromatic N) is 1. The zero-order chi connectivity index (χ0) is 22.8. The Bertz CT molecular complexity index is 1210. The van der Waals surface area contributed by atoms with E-state index in [0.29, 0.717) is 29.3 Å². The maximum atomic E-state index is 13.5. The van der Waals surface area contributed by atoms with Crippen molar-refractivity contribution in [1.29, 1.82) is 0 Å². The Morgan fingerprint density at radius 1 is 0.875 bits per heavy atom. The van der Waals surface area contributed by atoms with Gasteiger partial charge in [-0.3, -0.25) is 9.59 Å². The zero-order valence-electron chi connectivity index (χ0n) is 18.1. The van der Waals surface area contributed by atoms with Gasteiger partial charge in [0.05, 0.1) is 17.9 Å². The fraction of sp³-hybridized carbons (Fsp3) is 0.154. The summed E-state index contributed by atoms with van der Waals surface area (Å²) in [6.07, 6.45) is 0. The second kappa shape index (κ2) is 8.67. The summed E-state index contributed by atoms with van der Waals surface area (Å²) in [4.78, 5) is 28.0. The van der Waals surface area contributed by atoms with Crippen LogP contribution in [0.25, 0.3) is 5.57 Å². The number of ether oxygens (including phenoxy) is 1. The first-order chi connectivity index (χ1) is 15.4. The summed E-state index contributed by atoms with van der Waals surface area (Å²) in [5, 5.41) is 3.10. The highest BCUT2D eigenvalue weighted by atomic mass is 19.1. The summed E-state index contributed by atoms with van der Waals surface area (Å²) >= 11 is 0. The number of hydrogen-bond acceptors (Lipinski definition) is 4. The van der Waals surface area contributed by atoms with Gasteiger partial charge in [0.15, 0.2) is 0 Å². The molecule has 0 saturated heterocycles. The number of benzene rings is 3. The molecule has 5 nitrogen and oxygen atoms in total. The monoisotopic (exact) mass is 430 g/mol. The summed E-state index contributed by atoms with van der Waals surface area (Å²) in [7, 11) is 0. The summed E-state index contributed by atoms with van der Waals surface area (Å²) in [6, 6.07) is 18.1. The van der Waals surface area contributed by atoms with Crippen LogP contribution in [-0.4, -0.2) is 18.4 Å². The number of aryl methyl sites for hydroxylation is 2. The first-order valence-corrected chi connectivity index (χ1v) is 10.3. The Labute approximate surface area is 186 Å². The fourth-order valence-electron chi connectivity index (χ4n) is 3.57. The lowest BCUT2D eigenvalue weighted by atomic mass is 10.0. The minimum atomic E-state index is -0.466. The third-order valence-electron chi connectivity index (χ3n) is 5.40. The van der Waals surface area contributed by atoms with Crippen LogP contribution >= 0.6 is 0 Å². The van der Waals surface area contributed by atoms with E-state index in [0.717, 1.165) is 16.0 Å².